The molecule has 1 aromatic heterocycles. The van der Waals surface area contributed by atoms with Gasteiger partial charge in [-0.05, 0) is 44.9 Å². The van der Waals surface area contributed by atoms with Gasteiger partial charge in [-0.25, -0.2) is 0 Å². The summed E-state index contributed by atoms with van der Waals surface area (Å²) in [6.07, 6.45) is 4.02. The van der Waals surface area contributed by atoms with Crippen LogP contribution in [0, 0.1) is 5.41 Å². The molecule has 1 amide bonds. The summed E-state index contributed by atoms with van der Waals surface area (Å²) in [4.78, 5) is 32.3. The molecule has 2 fully saturated rings. The molecule has 4 rings (SSSR count). The molecule has 2 aromatic rings. The van der Waals surface area contributed by atoms with Gasteiger partial charge in [-0.15, -0.1) is 0 Å². The first-order valence-electron chi connectivity index (χ1n) is 9.70. The Kier molecular flexibility index (Phi) is 4.57. The third-order valence-corrected chi connectivity index (χ3v) is 6.06. The van der Waals surface area contributed by atoms with Crippen LogP contribution in [0.2, 0.25) is 0 Å². The number of amides is 1. The minimum absolute atomic E-state index is 0.0847. The molecular formula is C21H27N3O2. The van der Waals surface area contributed by atoms with Crippen molar-refractivity contribution in [2.75, 3.05) is 26.2 Å². The molecule has 0 bridgehead atoms. The Balaban J connectivity index is 1.52. The minimum atomic E-state index is 0.0847. The van der Waals surface area contributed by atoms with Crippen LogP contribution < -0.4 is 5.43 Å². The Hall–Kier alpha value is -2.14. The summed E-state index contributed by atoms with van der Waals surface area (Å²) in [6, 6.07) is 9.42. The number of aromatic nitrogens is 1. The van der Waals surface area contributed by atoms with Crippen LogP contribution in [0.1, 0.15) is 38.3 Å². The van der Waals surface area contributed by atoms with Crippen molar-refractivity contribution < 1.29 is 4.79 Å². The number of para-hydroxylation sites is 1. The zero-order valence-corrected chi connectivity index (χ0v) is 15.5. The van der Waals surface area contributed by atoms with E-state index >= 15 is 0 Å². The molecule has 2 saturated heterocycles. The van der Waals surface area contributed by atoms with Gasteiger partial charge in [-0.1, -0.05) is 12.1 Å². The largest absolute Gasteiger partial charge is 0.357 e. The number of rotatable bonds is 3. The number of hydrogen-bond donors (Lipinski definition) is 1. The monoisotopic (exact) mass is 353 g/mol. The molecule has 0 unspecified atom stereocenters. The molecule has 0 aliphatic carbocycles. The molecule has 26 heavy (non-hydrogen) atoms. The van der Waals surface area contributed by atoms with E-state index in [1.54, 1.807) is 6.07 Å². The minimum Gasteiger partial charge on any atom is -0.357 e. The van der Waals surface area contributed by atoms with Crippen LogP contribution in [-0.4, -0.2) is 46.9 Å². The molecule has 5 heteroatoms. The van der Waals surface area contributed by atoms with Crippen LogP contribution in [0.5, 0.6) is 0 Å². The second kappa shape index (κ2) is 6.88. The number of nitrogens with one attached hydrogen (secondary N) is 1. The van der Waals surface area contributed by atoms with E-state index in [1.165, 1.54) is 6.42 Å². The second-order valence-electron chi connectivity index (χ2n) is 7.93. The summed E-state index contributed by atoms with van der Waals surface area (Å²) < 4.78 is 0. The smallest absolute Gasteiger partial charge is 0.222 e. The Morgan fingerprint density at radius 3 is 2.85 bits per heavy atom. The van der Waals surface area contributed by atoms with Gasteiger partial charge in [0.1, 0.15) is 0 Å². The Labute approximate surface area is 154 Å². The first kappa shape index (κ1) is 17.3. The highest BCUT2D eigenvalue weighted by Gasteiger charge is 2.41. The number of aromatic amines is 1. The summed E-state index contributed by atoms with van der Waals surface area (Å²) in [5.41, 5.74) is 2.19. The lowest BCUT2D eigenvalue weighted by Crippen LogP contribution is -2.53. The Morgan fingerprint density at radius 1 is 1.15 bits per heavy atom. The molecule has 5 nitrogen and oxygen atoms in total. The quantitative estimate of drug-likeness (QED) is 0.923. The van der Waals surface area contributed by atoms with E-state index in [9.17, 15) is 9.59 Å². The maximum absolute atomic E-state index is 12.4. The first-order chi connectivity index (χ1) is 12.6. The SMILES string of the molecule is CCN1C[C@@]2(CCCN(Cc3cc(=O)c4ccccc4[nH]3)C2)CCC1=O. The predicted molar refractivity (Wildman–Crippen MR) is 103 cm³/mol. The number of hydrogen-bond acceptors (Lipinski definition) is 3. The molecule has 1 N–H and O–H groups in total. The van der Waals surface area contributed by atoms with Crippen LogP contribution >= 0.6 is 0 Å². The van der Waals surface area contributed by atoms with Crippen molar-refractivity contribution in [2.24, 2.45) is 5.41 Å². The van der Waals surface area contributed by atoms with E-state index < -0.39 is 0 Å². The van der Waals surface area contributed by atoms with Gasteiger partial charge >= 0.3 is 0 Å². The van der Waals surface area contributed by atoms with E-state index in [0.717, 1.165) is 62.2 Å². The van der Waals surface area contributed by atoms with Gasteiger partial charge in [0, 0.05) is 60.7 Å². The van der Waals surface area contributed by atoms with E-state index in [0.29, 0.717) is 12.3 Å². The van der Waals surface area contributed by atoms with Gasteiger partial charge in [-0.3, -0.25) is 14.5 Å². The number of fused-ring (bicyclic) bond motifs is 1. The van der Waals surface area contributed by atoms with E-state index in [4.69, 9.17) is 0 Å². The highest BCUT2D eigenvalue weighted by Crippen LogP contribution is 2.39. The number of piperidine rings is 2. The Bertz CT molecular complexity index is 875. The van der Waals surface area contributed by atoms with Crippen LogP contribution in [0.4, 0.5) is 0 Å². The van der Waals surface area contributed by atoms with Crippen LogP contribution in [0.15, 0.2) is 35.1 Å². The highest BCUT2D eigenvalue weighted by molar-refractivity contribution is 5.78. The molecule has 2 aliphatic heterocycles. The maximum atomic E-state index is 12.4. The lowest BCUT2D eigenvalue weighted by atomic mass is 9.73. The third-order valence-electron chi connectivity index (χ3n) is 6.06. The molecule has 0 saturated carbocycles. The van der Waals surface area contributed by atoms with Crippen molar-refractivity contribution in [2.45, 2.75) is 39.2 Å². The molecule has 2 aliphatic rings. The summed E-state index contributed by atoms with van der Waals surface area (Å²) in [6.45, 7) is 6.58. The fourth-order valence-corrected chi connectivity index (χ4v) is 4.75. The molecule has 0 radical (unpaired) electrons. The van der Waals surface area contributed by atoms with Gasteiger partial charge in [0.25, 0.3) is 0 Å². The normalized spacial score (nSPS) is 24.5. The fraction of sp³-hybridized carbons (Fsp3) is 0.524. The van der Waals surface area contributed by atoms with Crippen molar-refractivity contribution in [1.29, 1.82) is 0 Å². The summed E-state index contributed by atoms with van der Waals surface area (Å²) >= 11 is 0. The maximum Gasteiger partial charge on any atom is 0.222 e. The van der Waals surface area contributed by atoms with Gasteiger partial charge in [0.05, 0.1) is 0 Å². The number of carbonyl (C=O) groups is 1. The summed E-state index contributed by atoms with van der Waals surface area (Å²) in [5, 5.41) is 0.746. The van der Waals surface area contributed by atoms with Crippen LogP contribution in [-0.2, 0) is 11.3 Å². The van der Waals surface area contributed by atoms with Gasteiger partial charge < -0.3 is 9.88 Å². The molecule has 1 spiro atoms. The van der Waals surface area contributed by atoms with E-state index in [1.807, 2.05) is 29.2 Å². The van der Waals surface area contributed by atoms with Gasteiger partial charge in [0.15, 0.2) is 5.43 Å². The average molecular weight is 353 g/mol. The molecule has 1 atom stereocenters. The topological polar surface area (TPSA) is 56.4 Å². The third kappa shape index (κ3) is 3.28. The fourth-order valence-electron chi connectivity index (χ4n) is 4.75. The van der Waals surface area contributed by atoms with Crippen LogP contribution in [0.25, 0.3) is 10.9 Å². The summed E-state index contributed by atoms with van der Waals surface area (Å²) in [7, 11) is 0. The molecule has 1 aromatic carbocycles. The zero-order valence-electron chi connectivity index (χ0n) is 15.5. The van der Waals surface area contributed by atoms with Crippen molar-refractivity contribution in [3.05, 3.63) is 46.2 Å². The first-order valence-corrected chi connectivity index (χ1v) is 9.70. The van der Waals surface area contributed by atoms with Gasteiger partial charge in [-0.2, -0.15) is 0 Å². The predicted octanol–water partition coefficient (Wildman–Crippen LogP) is 2.75. The number of benzene rings is 1. The molecule has 3 heterocycles. The number of likely N-dealkylation sites (tertiary alicyclic amines) is 2. The Morgan fingerprint density at radius 2 is 2.00 bits per heavy atom. The van der Waals surface area contributed by atoms with Crippen LogP contribution in [0.3, 0.4) is 0 Å². The van der Waals surface area contributed by atoms with Crippen molar-refractivity contribution in [3.63, 3.8) is 0 Å². The van der Waals surface area contributed by atoms with Crippen molar-refractivity contribution in [3.8, 4) is 0 Å². The van der Waals surface area contributed by atoms with Crippen molar-refractivity contribution >= 4 is 16.8 Å². The van der Waals surface area contributed by atoms with Crippen molar-refractivity contribution in [1.82, 2.24) is 14.8 Å². The standard InChI is InChI=1S/C21H27N3O2/c1-2-24-15-21(10-8-20(24)26)9-5-11-23(14-21)13-16-12-19(25)17-6-3-4-7-18(17)22-16/h3-4,6-7,12H,2,5,8-11,13-15H2,1H3,(H,22,25)/t21-/m0/s1. The number of carbonyl (C=O) groups excluding carboxylic acids is 1. The zero-order chi connectivity index (χ0) is 18.1. The lowest BCUT2D eigenvalue weighted by molar-refractivity contribution is -0.139. The lowest BCUT2D eigenvalue weighted by Gasteiger charge is -2.48. The number of pyridine rings is 1. The molecule has 138 valence electrons. The highest BCUT2D eigenvalue weighted by atomic mass is 16.2. The van der Waals surface area contributed by atoms with Gasteiger partial charge in [0.2, 0.25) is 5.91 Å². The second-order valence-corrected chi connectivity index (χ2v) is 7.93. The average Bonchev–Trinajstić information content (AvgIpc) is 2.64. The molecular weight excluding hydrogens is 326 g/mol. The number of nitrogens with zero attached hydrogens (tertiary/aromatic N) is 2. The van der Waals surface area contributed by atoms with E-state index in [2.05, 4.69) is 16.8 Å². The summed E-state index contributed by atoms with van der Waals surface area (Å²) in [5.74, 6) is 0.300. The number of H-pyrrole nitrogens is 1. The van der Waals surface area contributed by atoms with E-state index in [-0.39, 0.29) is 10.8 Å².